The van der Waals surface area contributed by atoms with Crippen molar-refractivity contribution < 1.29 is 4.42 Å². The lowest BCUT2D eigenvalue weighted by Gasteiger charge is -2.08. The molecule has 0 saturated carbocycles. The Labute approximate surface area is 131 Å². The molecule has 0 bridgehead atoms. The molecule has 1 aromatic heterocycles. The molecule has 0 aliphatic carbocycles. The van der Waals surface area contributed by atoms with Crippen LogP contribution in [0.5, 0.6) is 0 Å². The van der Waals surface area contributed by atoms with Crippen LogP contribution < -0.4 is 10.6 Å². The maximum Gasteiger partial charge on any atom is 0.320 e. The van der Waals surface area contributed by atoms with Crippen LogP contribution in [0.15, 0.2) is 27.1 Å². The van der Waals surface area contributed by atoms with E-state index in [1.807, 2.05) is 19.1 Å². The molecule has 0 amide bonds. The first-order chi connectivity index (χ1) is 9.61. The number of benzene rings is 1. The van der Waals surface area contributed by atoms with E-state index in [2.05, 4.69) is 43.7 Å². The topological polar surface area (TPSA) is 63.0 Å². The third-order valence-corrected chi connectivity index (χ3v) is 4.10. The van der Waals surface area contributed by atoms with Gasteiger partial charge >= 0.3 is 6.01 Å². The molecule has 0 radical (unpaired) electrons. The molecule has 1 heterocycles. The lowest BCUT2D eigenvalue weighted by molar-refractivity contribution is 0.424. The van der Waals surface area contributed by atoms with E-state index in [-0.39, 0.29) is 6.04 Å². The highest BCUT2D eigenvalue weighted by atomic mass is 79.9. The van der Waals surface area contributed by atoms with Crippen LogP contribution in [0, 0.1) is 0 Å². The van der Waals surface area contributed by atoms with E-state index in [4.69, 9.17) is 16.0 Å². The summed E-state index contributed by atoms with van der Waals surface area (Å²) in [7, 11) is 0. The highest BCUT2D eigenvalue weighted by Crippen LogP contribution is 2.31. The second-order valence-electron chi connectivity index (χ2n) is 4.35. The molecule has 1 aromatic carbocycles. The molecule has 2 N–H and O–H groups in total. The molecule has 5 nitrogen and oxygen atoms in total. The van der Waals surface area contributed by atoms with Gasteiger partial charge in [0.2, 0.25) is 5.89 Å². The van der Waals surface area contributed by atoms with Crippen molar-refractivity contribution in [2.24, 2.45) is 0 Å². The number of halogens is 2. The van der Waals surface area contributed by atoms with E-state index in [9.17, 15) is 0 Å². The van der Waals surface area contributed by atoms with Crippen LogP contribution >= 0.6 is 27.5 Å². The fraction of sp³-hybridized carbons (Fsp3) is 0.385. The zero-order valence-corrected chi connectivity index (χ0v) is 13.6. The first-order valence-corrected chi connectivity index (χ1v) is 7.56. The summed E-state index contributed by atoms with van der Waals surface area (Å²) in [6.07, 6.45) is 1.05. The molecule has 7 heteroatoms. The van der Waals surface area contributed by atoms with E-state index in [0.29, 0.717) is 16.9 Å². The molecule has 0 saturated heterocycles. The maximum atomic E-state index is 6.03. The third-order valence-electron chi connectivity index (χ3n) is 2.70. The van der Waals surface area contributed by atoms with Gasteiger partial charge in [0, 0.05) is 0 Å². The third kappa shape index (κ3) is 3.71. The summed E-state index contributed by atoms with van der Waals surface area (Å²) in [5.74, 6) is 0.555. The summed E-state index contributed by atoms with van der Waals surface area (Å²) in [5.41, 5.74) is 0.780. The van der Waals surface area contributed by atoms with Gasteiger partial charge in [-0.15, -0.1) is 5.10 Å². The summed E-state index contributed by atoms with van der Waals surface area (Å²) >= 11 is 9.44. The number of hydrogen-bond acceptors (Lipinski definition) is 5. The van der Waals surface area contributed by atoms with Crippen molar-refractivity contribution in [3.8, 4) is 0 Å². The minimum atomic E-state index is 0.0285. The van der Waals surface area contributed by atoms with Crippen LogP contribution in [0.25, 0.3) is 0 Å². The van der Waals surface area contributed by atoms with Crippen molar-refractivity contribution in [2.75, 3.05) is 11.9 Å². The second kappa shape index (κ2) is 7.06. The van der Waals surface area contributed by atoms with Gasteiger partial charge in [0.1, 0.15) is 0 Å². The first-order valence-electron chi connectivity index (χ1n) is 6.39. The van der Waals surface area contributed by atoms with Gasteiger partial charge in [-0.1, -0.05) is 29.7 Å². The summed E-state index contributed by atoms with van der Waals surface area (Å²) in [5, 5.41) is 15.0. The van der Waals surface area contributed by atoms with Gasteiger partial charge in [-0.25, -0.2) is 0 Å². The van der Waals surface area contributed by atoms with Gasteiger partial charge in [-0.2, -0.15) is 0 Å². The van der Waals surface area contributed by atoms with Crippen LogP contribution in [0.4, 0.5) is 11.7 Å². The summed E-state index contributed by atoms with van der Waals surface area (Å²) in [4.78, 5) is 0. The standard InChI is InChI=1S/C13H16BrClN4O/c1-3-7-16-8(2)12-18-19-13(20-12)17-10-6-4-5-9(15)11(10)14/h4-6,8,16H,3,7H2,1-2H3,(H,17,19). The second-order valence-corrected chi connectivity index (χ2v) is 5.55. The van der Waals surface area contributed by atoms with E-state index in [1.54, 1.807) is 6.07 Å². The van der Waals surface area contributed by atoms with Gasteiger partial charge in [0.15, 0.2) is 0 Å². The quantitative estimate of drug-likeness (QED) is 0.805. The van der Waals surface area contributed by atoms with Crippen LogP contribution in [-0.2, 0) is 0 Å². The first kappa shape index (κ1) is 15.3. The van der Waals surface area contributed by atoms with Crippen molar-refractivity contribution in [3.63, 3.8) is 0 Å². The number of nitrogens with one attached hydrogen (secondary N) is 2. The van der Waals surface area contributed by atoms with E-state index < -0.39 is 0 Å². The molecule has 108 valence electrons. The fourth-order valence-electron chi connectivity index (χ4n) is 1.62. The Balaban J connectivity index is 2.07. The zero-order valence-electron chi connectivity index (χ0n) is 11.3. The molecule has 20 heavy (non-hydrogen) atoms. The van der Waals surface area contributed by atoms with Crippen molar-refractivity contribution in [2.45, 2.75) is 26.3 Å². The molecule has 2 rings (SSSR count). The summed E-state index contributed by atoms with van der Waals surface area (Å²) in [6, 6.07) is 5.89. The van der Waals surface area contributed by atoms with Crippen LogP contribution in [-0.4, -0.2) is 16.7 Å². The van der Waals surface area contributed by atoms with Crippen molar-refractivity contribution in [1.82, 2.24) is 15.5 Å². The SMILES string of the molecule is CCCNC(C)c1nnc(Nc2cccc(Cl)c2Br)o1. The van der Waals surface area contributed by atoms with E-state index in [0.717, 1.165) is 23.1 Å². The van der Waals surface area contributed by atoms with Gasteiger partial charge in [0.25, 0.3) is 0 Å². The Kier molecular flexibility index (Phi) is 5.39. The lowest BCUT2D eigenvalue weighted by atomic mass is 10.3. The molecule has 0 aliphatic rings. The molecule has 1 atom stereocenters. The lowest BCUT2D eigenvalue weighted by Crippen LogP contribution is -2.19. The molecular weight excluding hydrogens is 344 g/mol. The number of nitrogens with zero attached hydrogens (tertiary/aromatic N) is 2. The minimum absolute atomic E-state index is 0.0285. The van der Waals surface area contributed by atoms with Crippen molar-refractivity contribution in [1.29, 1.82) is 0 Å². The molecule has 0 spiro atoms. The Morgan fingerprint density at radius 1 is 1.40 bits per heavy atom. The summed E-state index contributed by atoms with van der Waals surface area (Å²) < 4.78 is 6.34. The normalized spacial score (nSPS) is 12.4. The Morgan fingerprint density at radius 2 is 2.20 bits per heavy atom. The average Bonchev–Trinajstić information content (AvgIpc) is 2.90. The highest BCUT2D eigenvalue weighted by molar-refractivity contribution is 9.10. The monoisotopic (exact) mass is 358 g/mol. The average molecular weight is 360 g/mol. The van der Waals surface area contributed by atoms with Crippen LogP contribution in [0.1, 0.15) is 32.2 Å². The van der Waals surface area contributed by atoms with Gasteiger partial charge in [-0.3, -0.25) is 0 Å². The van der Waals surface area contributed by atoms with Gasteiger partial charge in [0.05, 0.1) is 21.2 Å². The Hall–Kier alpha value is -1.11. The Morgan fingerprint density at radius 3 is 2.95 bits per heavy atom. The molecule has 0 aliphatic heterocycles. The van der Waals surface area contributed by atoms with Crippen LogP contribution in [0.2, 0.25) is 5.02 Å². The number of anilines is 2. The van der Waals surface area contributed by atoms with Gasteiger partial charge < -0.3 is 15.1 Å². The number of hydrogen-bond donors (Lipinski definition) is 2. The minimum Gasteiger partial charge on any atom is -0.406 e. The Bertz CT molecular complexity index is 575. The van der Waals surface area contributed by atoms with E-state index in [1.165, 1.54) is 0 Å². The van der Waals surface area contributed by atoms with Crippen LogP contribution in [0.3, 0.4) is 0 Å². The van der Waals surface area contributed by atoms with E-state index >= 15 is 0 Å². The zero-order chi connectivity index (χ0) is 14.5. The van der Waals surface area contributed by atoms with Gasteiger partial charge in [-0.05, 0) is 48.0 Å². The highest BCUT2D eigenvalue weighted by Gasteiger charge is 2.14. The molecule has 0 fully saturated rings. The molecular formula is C13H16BrClN4O. The predicted octanol–water partition coefficient (Wildman–Crippen LogP) is 4.29. The van der Waals surface area contributed by atoms with Crippen molar-refractivity contribution >= 4 is 39.2 Å². The fourth-order valence-corrected chi connectivity index (χ4v) is 2.16. The molecule has 1 unspecified atom stereocenters. The smallest absolute Gasteiger partial charge is 0.320 e. The van der Waals surface area contributed by atoms with Crippen molar-refractivity contribution in [3.05, 3.63) is 33.6 Å². The number of rotatable bonds is 6. The largest absolute Gasteiger partial charge is 0.406 e. The molecule has 2 aromatic rings. The number of aromatic nitrogens is 2. The predicted molar refractivity (Wildman–Crippen MR) is 83.4 cm³/mol. The maximum absolute atomic E-state index is 6.03. The summed E-state index contributed by atoms with van der Waals surface area (Å²) in [6.45, 7) is 5.01.